The zero-order valence-corrected chi connectivity index (χ0v) is 12.0. The van der Waals surface area contributed by atoms with Crippen LogP contribution in [0.4, 0.5) is 10.1 Å². The third kappa shape index (κ3) is 4.23. The van der Waals surface area contributed by atoms with Gasteiger partial charge < -0.3 is 4.74 Å². The van der Waals surface area contributed by atoms with Crippen molar-refractivity contribution in [2.75, 3.05) is 6.26 Å². The van der Waals surface area contributed by atoms with Gasteiger partial charge in [-0.3, -0.25) is 5.32 Å². The van der Waals surface area contributed by atoms with Crippen LogP contribution in [0, 0.1) is 17.3 Å². The molecule has 2 aromatic carbocycles. The van der Waals surface area contributed by atoms with Gasteiger partial charge in [0, 0.05) is 6.07 Å². The maximum atomic E-state index is 13.2. The quantitative estimate of drug-likeness (QED) is 0.402. The minimum absolute atomic E-state index is 0.371. The predicted molar refractivity (Wildman–Crippen MR) is 82.3 cm³/mol. The Morgan fingerprint density at radius 3 is 2.81 bits per heavy atom. The van der Waals surface area contributed by atoms with Crippen molar-refractivity contribution in [3.63, 3.8) is 0 Å². The highest BCUT2D eigenvalue weighted by Crippen LogP contribution is 2.32. The number of nitriles is 1. The number of aliphatic imine (C=N–C) groups is 1. The van der Waals surface area contributed by atoms with Crippen molar-refractivity contribution in [1.29, 1.82) is 5.26 Å². The average Bonchev–Trinajstić information content (AvgIpc) is 2.48. The van der Waals surface area contributed by atoms with Crippen LogP contribution in [0.2, 0.25) is 0 Å². The summed E-state index contributed by atoms with van der Waals surface area (Å²) in [5, 5.41) is 11.6. The second kappa shape index (κ2) is 7.31. The van der Waals surface area contributed by atoms with Gasteiger partial charge in [-0.25, -0.2) is 9.38 Å². The number of para-hydroxylation sites is 2. The van der Waals surface area contributed by atoms with Crippen LogP contribution in [0.25, 0.3) is 0 Å². The molecule has 0 amide bonds. The Morgan fingerprint density at radius 1 is 1.29 bits per heavy atom. The molecule has 0 aliphatic heterocycles. The third-order valence-corrected chi connectivity index (χ3v) is 3.05. The molecule has 0 saturated carbocycles. The van der Waals surface area contributed by atoms with Gasteiger partial charge in [0.25, 0.3) is 0 Å². The van der Waals surface area contributed by atoms with Crippen molar-refractivity contribution >= 4 is 22.6 Å². The van der Waals surface area contributed by atoms with Gasteiger partial charge in [-0.1, -0.05) is 30.0 Å². The Labute approximate surface area is 126 Å². The van der Waals surface area contributed by atoms with Crippen molar-refractivity contribution in [1.82, 2.24) is 5.32 Å². The summed E-state index contributed by atoms with van der Waals surface area (Å²) in [4.78, 5) is 4.31. The lowest BCUT2D eigenvalue weighted by molar-refractivity contribution is 0.478. The topological polar surface area (TPSA) is 57.4 Å². The second-order valence-electron chi connectivity index (χ2n) is 3.89. The maximum Gasteiger partial charge on any atom is 0.183 e. The first-order valence-electron chi connectivity index (χ1n) is 6.03. The van der Waals surface area contributed by atoms with E-state index >= 15 is 0 Å². The van der Waals surface area contributed by atoms with E-state index in [-0.39, 0.29) is 5.82 Å². The summed E-state index contributed by atoms with van der Waals surface area (Å²) in [5.41, 5.74) is 0.550. The fraction of sp³-hybridized carbons (Fsp3) is 0.0667. The first-order valence-corrected chi connectivity index (χ1v) is 7.25. The number of thioether (sulfide) groups is 1. The Bertz CT molecular complexity index is 697. The maximum absolute atomic E-state index is 13.2. The molecule has 21 heavy (non-hydrogen) atoms. The van der Waals surface area contributed by atoms with E-state index in [0.717, 1.165) is 0 Å². The highest BCUT2D eigenvalue weighted by Gasteiger charge is 2.06. The van der Waals surface area contributed by atoms with E-state index in [9.17, 15) is 4.39 Å². The van der Waals surface area contributed by atoms with Gasteiger partial charge in [0.15, 0.2) is 17.1 Å². The van der Waals surface area contributed by atoms with Gasteiger partial charge >= 0.3 is 0 Å². The molecule has 2 aromatic rings. The molecule has 0 radical (unpaired) electrons. The lowest BCUT2D eigenvalue weighted by atomic mass is 10.3. The van der Waals surface area contributed by atoms with E-state index in [1.165, 1.54) is 23.9 Å². The number of ether oxygens (including phenoxy) is 1. The number of nitrogens with zero attached hydrogens (tertiary/aromatic N) is 2. The summed E-state index contributed by atoms with van der Waals surface area (Å²) in [5.74, 6) is 0.496. The van der Waals surface area contributed by atoms with Crippen LogP contribution >= 0.6 is 11.8 Å². The molecule has 2 rings (SSSR count). The molecule has 1 N–H and O–H groups in total. The van der Waals surface area contributed by atoms with Crippen molar-refractivity contribution in [2.24, 2.45) is 4.99 Å². The molecule has 0 atom stereocenters. The number of rotatable bonds is 3. The molecule has 0 heterocycles. The van der Waals surface area contributed by atoms with E-state index in [2.05, 4.69) is 10.3 Å². The zero-order valence-electron chi connectivity index (χ0n) is 11.2. The molecule has 0 aliphatic rings. The smallest absolute Gasteiger partial charge is 0.183 e. The fourth-order valence-corrected chi connectivity index (χ4v) is 1.91. The van der Waals surface area contributed by atoms with Crippen LogP contribution in [0.5, 0.6) is 11.5 Å². The highest BCUT2D eigenvalue weighted by molar-refractivity contribution is 8.13. The minimum atomic E-state index is -0.371. The van der Waals surface area contributed by atoms with Crippen molar-refractivity contribution in [3.05, 3.63) is 54.3 Å². The lowest BCUT2D eigenvalue weighted by Crippen LogP contribution is -2.12. The molecule has 6 heteroatoms. The molecular formula is C15H12FN3OS. The van der Waals surface area contributed by atoms with E-state index < -0.39 is 0 Å². The van der Waals surface area contributed by atoms with Crippen LogP contribution in [-0.4, -0.2) is 11.4 Å². The molecule has 0 aromatic heterocycles. The van der Waals surface area contributed by atoms with E-state index in [1.807, 2.05) is 12.3 Å². The van der Waals surface area contributed by atoms with Crippen LogP contribution in [0.3, 0.4) is 0 Å². The number of hydrogen-bond acceptors (Lipinski definition) is 4. The van der Waals surface area contributed by atoms with Crippen LogP contribution < -0.4 is 10.1 Å². The number of nitrogens with one attached hydrogen (secondary N) is 1. The Balaban J connectivity index is 2.31. The first kappa shape index (κ1) is 14.9. The zero-order chi connectivity index (χ0) is 15.1. The largest absolute Gasteiger partial charge is 0.455 e. The third-order valence-electron chi connectivity index (χ3n) is 2.47. The molecule has 0 aliphatic carbocycles. The molecule has 0 unspecified atom stereocenters. The molecule has 106 valence electrons. The number of amidine groups is 1. The molecule has 0 spiro atoms. The summed E-state index contributed by atoms with van der Waals surface area (Å²) in [6.45, 7) is 0. The summed E-state index contributed by atoms with van der Waals surface area (Å²) in [7, 11) is 0. The monoisotopic (exact) mass is 301 g/mol. The van der Waals surface area contributed by atoms with Crippen LogP contribution in [-0.2, 0) is 0 Å². The SMILES string of the molecule is CSC(=Nc1ccccc1Oc1cccc(F)c1)NC#N. The van der Waals surface area contributed by atoms with Crippen molar-refractivity contribution < 1.29 is 9.13 Å². The second-order valence-corrected chi connectivity index (χ2v) is 4.68. The minimum Gasteiger partial charge on any atom is -0.455 e. The van der Waals surface area contributed by atoms with E-state index in [1.54, 1.807) is 36.6 Å². The molecule has 0 bridgehead atoms. The Morgan fingerprint density at radius 2 is 2.10 bits per heavy atom. The van der Waals surface area contributed by atoms with Crippen molar-refractivity contribution in [3.8, 4) is 17.7 Å². The van der Waals surface area contributed by atoms with Crippen molar-refractivity contribution in [2.45, 2.75) is 0 Å². The Hall–Kier alpha value is -2.52. The summed E-state index contributed by atoms with van der Waals surface area (Å²) in [6, 6.07) is 13.0. The average molecular weight is 301 g/mol. The van der Waals surface area contributed by atoms with Crippen LogP contribution in [0.1, 0.15) is 0 Å². The first-order chi connectivity index (χ1) is 10.2. The number of benzene rings is 2. The van der Waals surface area contributed by atoms with Gasteiger partial charge in [0.1, 0.15) is 17.3 Å². The molecule has 4 nitrogen and oxygen atoms in total. The van der Waals surface area contributed by atoms with Gasteiger partial charge in [0.05, 0.1) is 0 Å². The van der Waals surface area contributed by atoms with Crippen LogP contribution in [0.15, 0.2) is 53.5 Å². The summed E-state index contributed by atoms with van der Waals surface area (Å²) < 4.78 is 18.8. The fourth-order valence-electron chi connectivity index (χ4n) is 1.58. The van der Waals surface area contributed by atoms with Gasteiger partial charge in [-0.15, -0.1) is 0 Å². The lowest BCUT2D eigenvalue weighted by Gasteiger charge is -2.09. The van der Waals surface area contributed by atoms with Gasteiger partial charge in [-0.05, 0) is 30.5 Å². The summed E-state index contributed by atoms with van der Waals surface area (Å²) >= 11 is 1.31. The molecule has 0 fully saturated rings. The predicted octanol–water partition coefficient (Wildman–Crippen LogP) is 4.04. The van der Waals surface area contributed by atoms with E-state index in [0.29, 0.717) is 22.4 Å². The standard InChI is InChI=1S/C15H12FN3OS/c1-21-15(18-10-17)19-13-7-2-3-8-14(13)20-12-6-4-5-11(16)9-12/h2-9H,1H3,(H,18,19). The number of hydrogen-bond donors (Lipinski definition) is 1. The van der Waals surface area contributed by atoms with Gasteiger partial charge in [-0.2, -0.15) is 5.26 Å². The Kier molecular flexibility index (Phi) is 5.18. The van der Waals surface area contributed by atoms with Gasteiger partial charge in [0.2, 0.25) is 0 Å². The molecular weight excluding hydrogens is 289 g/mol. The normalized spacial score (nSPS) is 10.8. The summed E-state index contributed by atoms with van der Waals surface area (Å²) in [6.07, 6.45) is 3.63. The highest BCUT2D eigenvalue weighted by atomic mass is 32.2. The number of halogens is 1. The molecule has 0 saturated heterocycles. The van der Waals surface area contributed by atoms with E-state index in [4.69, 9.17) is 10.00 Å².